The van der Waals surface area contributed by atoms with Crippen LogP contribution in [0.1, 0.15) is 77.6 Å². The fraction of sp³-hybridized carbons (Fsp3) is 0.476. The normalized spacial score (nSPS) is 23.0. The van der Waals surface area contributed by atoms with Crippen LogP contribution in [0, 0.1) is 6.92 Å². The predicted octanol–water partition coefficient (Wildman–Crippen LogP) is 4.25. The Morgan fingerprint density at radius 3 is 2.47 bits per heavy atom. The van der Waals surface area contributed by atoms with Gasteiger partial charge in [-0.15, -0.1) is 0 Å². The van der Waals surface area contributed by atoms with Crippen molar-refractivity contribution in [3.05, 3.63) is 52.9 Å². The van der Waals surface area contributed by atoms with E-state index in [9.17, 15) is 22.4 Å². The van der Waals surface area contributed by atoms with Crippen LogP contribution < -0.4 is 0 Å². The third-order valence-electron chi connectivity index (χ3n) is 6.40. The van der Waals surface area contributed by atoms with Crippen molar-refractivity contribution in [1.82, 2.24) is 29.5 Å². The fourth-order valence-electron chi connectivity index (χ4n) is 5.12. The Morgan fingerprint density at radius 1 is 1.00 bits per heavy atom. The highest BCUT2D eigenvalue weighted by atomic mass is 19.3. The Morgan fingerprint density at radius 2 is 1.72 bits per heavy atom. The van der Waals surface area contributed by atoms with Crippen molar-refractivity contribution in [1.29, 1.82) is 0 Å². The molecule has 32 heavy (non-hydrogen) atoms. The molecule has 2 unspecified atom stereocenters. The first-order valence-electron chi connectivity index (χ1n) is 10.4. The molecule has 2 bridgehead atoms. The second-order valence-corrected chi connectivity index (χ2v) is 8.30. The van der Waals surface area contributed by atoms with Gasteiger partial charge in [-0.3, -0.25) is 9.78 Å². The standard InChI is InChI=1S/C21H20F4N6O/c1-10-6-11(7-14(28-10)18(22)23)20(32)30-12-2-4-13(16(30)5-3-12)17-8-15(19(24)25)29-21-26-9-27-31(17)21/h6-9,12-13,16,18-19H,2-5H2,1H3/t12-,13?,16?/m1/s1. The van der Waals surface area contributed by atoms with E-state index in [0.717, 1.165) is 12.5 Å². The van der Waals surface area contributed by atoms with Gasteiger partial charge in [-0.1, -0.05) is 0 Å². The van der Waals surface area contributed by atoms with Gasteiger partial charge < -0.3 is 4.90 Å². The molecule has 2 fully saturated rings. The molecular weight excluding hydrogens is 428 g/mol. The fourth-order valence-corrected chi connectivity index (χ4v) is 5.12. The number of pyridine rings is 1. The molecule has 168 valence electrons. The maximum absolute atomic E-state index is 13.5. The summed E-state index contributed by atoms with van der Waals surface area (Å²) in [6.45, 7) is 1.57. The van der Waals surface area contributed by atoms with Crippen LogP contribution in [-0.4, -0.2) is 47.5 Å². The van der Waals surface area contributed by atoms with Crippen LogP contribution in [0.2, 0.25) is 0 Å². The minimum absolute atomic E-state index is 0.0186. The van der Waals surface area contributed by atoms with Crippen molar-refractivity contribution in [3.63, 3.8) is 0 Å². The average Bonchev–Trinajstić information content (AvgIpc) is 3.35. The first kappa shape index (κ1) is 20.8. The number of piperidine rings is 1. The van der Waals surface area contributed by atoms with Crippen molar-refractivity contribution in [2.24, 2.45) is 0 Å². The maximum atomic E-state index is 13.5. The highest BCUT2D eigenvalue weighted by molar-refractivity contribution is 5.95. The summed E-state index contributed by atoms with van der Waals surface area (Å²) in [5, 5.41) is 4.15. The van der Waals surface area contributed by atoms with Gasteiger partial charge in [0.15, 0.2) is 0 Å². The number of hydrogen-bond donors (Lipinski definition) is 0. The monoisotopic (exact) mass is 448 g/mol. The molecule has 2 aliphatic rings. The van der Waals surface area contributed by atoms with Crippen LogP contribution in [0.3, 0.4) is 0 Å². The predicted molar refractivity (Wildman–Crippen MR) is 105 cm³/mol. The van der Waals surface area contributed by atoms with E-state index in [2.05, 4.69) is 20.1 Å². The van der Waals surface area contributed by atoms with Gasteiger partial charge in [0, 0.05) is 29.3 Å². The number of nitrogens with zero attached hydrogens (tertiary/aromatic N) is 6. The second-order valence-electron chi connectivity index (χ2n) is 8.30. The average molecular weight is 448 g/mol. The topological polar surface area (TPSA) is 76.3 Å². The summed E-state index contributed by atoms with van der Waals surface area (Å²) in [5.74, 6) is -0.505. The molecule has 7 nitrogen and oxygen atoms in total. The van der Waals surface area contributed by atoms with Crippen molar-refractivity contribution < 1.29 is 22.4 Å². The summed E-state index contributed by atoms with van der Waals surface area (Å²) in [6.07, 6.45) is -1.45. The number of carbonyl (C=O) groups excluding carboxylic acids is 1. The summed E-state index contributed by atoms with van der Waals surface area (Å²) < 4.78 is 54.8. The van der Waals surface area contributed by atoms with E-state index in [1.54, 1.807) is 11.8 Å². The van der Waals surface area contributed by atoms with Gasteiger partial charge in [0.25, 0.3) is 24.5 Å². The van der Waals surface area contributed by atoms with E-state index in [4.69, 9.17) is 0 Å². The zero-order valence-electron chi connectivity index (χ0n) is 17.1. The minimum Gasteiger partial charge on any atom is -0.332 e. The third kappa shape index (κ3) is 3.39. The summed E-state index contributed by atoms with van der Waals surface area (Å²) in [5.41, 5.74) is 0.218. The highest BCUT2D eigenvalue weighted by Gasteiger charge is 2.46. The highest BCUT2D eigenvalue weighted by Crippen LogP contribution is 2.45. The Hall–Kier alpha value is -3.11. The summed E-state index contributed by atoms with van der Waals surface area (Å²) in [7, 11) is 0. The van der Waals surface area contributed by atoms with Gasteiger partial charge in [-0.05, 0) is 50.8 Å². The zero-order valence-corrected chi connectivity index (χ0v) is 17.1. The molecule has 0 aromatic carbocycles. The van der Waals surface area contributed by atoms with Gasteiger partial charge in [0.2, 0.25) is 0 Å². The van der Waals surface area contributed by atoms with E-state index in [-0.39, 0.29) is 40.9 Å². The number of halogens is 4. The lowest BCUT2D eigenvalue weighted by atomic mass is 9.86. The molecule has 11 heteroatoms. The van der Waals surface area contributed by atoms with Crippen molar-refractivity contribution >= 4 is 11.7 Å². The van der Waals surface area contributed by atoms with E-state index >= 15 is 0 Å². The lowest BCUT2D eigenvalue weighted by Crippen LogP contribution is -2.47. The molecule has 0 N–H and O–H groups in total. The van der Waals surface area contributed by atoms with Crippen LogP contribution in [0.25, 0.3) is 5.78 Å². The number of hydrogen-bond acceptors (Lipinski definition) is 5. The zero-order chi connectivity index (χ0) is 22.6. The molecule has 0 radical (unpaired) electrons. The third-order valence-corrected chi connectivity index (χ3v) is 6.40. The molecule has 2 saturated heterocycles. The summed E-state index contributed by atoms with van der Waals surface area (Å²) in [6, 6.07) is 3.71. The number of amides is 1. The van der Waals surface area contributed by atoms with Gasteiger partial charge in [-0.25, -0.2) is 27.1 Å². The number of aromatic nitrogens is 5. The molecule has 3 atom stereocenters. The molecule has 0 saturated carbocycles. The molecule has 2 aliphatic heterocycles. The molecule has 5 heterocycles. The number of fused-ring (bicyclic) bond motifs is 3. The molecular formula is C21H20F4N6O. The molecule has 5 rings (SSSR count). The largest absolute Gasteiger partial charge is 0.332 e. The van der Waals surface area contributed by atoms with Gasteiger partial charge in [-0.2, -0.15) is 10.1 Å². The Balaban J connectivity index is 1.54. The Kier molecular flexibility index (Phi) is 5.06. The van der Waals surface area contributed by atoms with Gasteiger partial charge in [0.05, 0.1) is 5.69 Å². The number of carbonyl (C=O) groups is 1. The quantitative estimate of drug-likeness (QED) is 0.558. The van der Waals surface area contributed by atoms with Gasteiger partial charge in [0.1, 0.15) is 17.7 Å². The molecule has 1 amide bonds. The first-order chi connectivity index (χ1) is 15.3. The van der Waals surface area contributed by atoms with Crippen molar-refractivity contribution in [2.75, 3.05) is 0 Å². The van der Waals surface area contributed by atoms with Crippen LogP contribution >= 0.6 is 0 Å². The SMILES string of the molecule is Cc1cc(C(=O)N2C3CC[C@H]2CCC3c2cc(C(F)F)nc3ncnn23)cc(C(F)F)n1. The van der Waals surface area contributed by atoms with Gasteiger partial charge >= 0.3 is 0 Å². The van der Waals surface area contributed by atoms with Crippen LogP contribution in [-0.2, 0) is 0 Å². The second kappa shape index (κ2) is 7.79. The molecule has 0 aliphatic carbocycles. The minimum atomic E-state index is -2.78. The smallest absolute Gasteiger partial charge is 0.280 e. The summed E-state index contributed by atoms with van der Waals surface area (Å²) in [4.78, 5) is 26.8. The Labute approximate surface area is 180 Å². The van der Waals surface area contributed by atoms with Crippen LogP contribution in [0.4, 0.5) is 17.6 Å². The molecule has 0 spiro atoms. The lowest BCUT2D eigenvalue weighted by molar-refractivity contribution is 0.0553. The van der Waals surface area contributed by atoms with E-state index in [1.165, 1.54) is 23.0 Å². The van der Waals surface area contributed by atoms with Crippen molar-refractivity contribution in [3.8, 4) is 0 Å². The van der Waals surface area contributed by atoms with E-state index in [0.29, 0.717) is 30.7 Å². The van der Waals surface area contributed by atoms with Crippen LogP contribution in [0.5, 0.6) is 0 Å². The number of alkyl halides is 4. The first-order valence-corrected chi connectivity index (χ1v) is 10.4. The van der Waals surface area contributed by atoms with E-state index in [1.807, 2.05) is 0 Å². The maximum Gasteiger partial charge on any atom is 0.280 e. The van der Waals surface area contributed by atoms with Crippen LogP contribution in [0.15, 0.2) is 24.5 Å². The number of rotatable bonds is 4. The number of aryl methyl sites for hydroxylation is 1. The van der Waals surface area contributed by atoms with E-state index < -0.39 is 18.5 Å². The molecule has 3 aromatic heterocycles. The Bertz CT molecular complexity index is 1180. The molecule has 3 aromatic rings. The summed E-state index contributed by atoms with van der Waals surface area (Å²) >= 11 is 0. The van der Waals surface area contributed by atoms with Crippen molar-refractivity contribution in [2.45, 2.75) is 63.5 Å². The lowest BCUT2D eigenvalue weighted by Gasteiger charge is -2.40.